The van der Waals surface area contributed by atoms with Crippen molar-refractivity contribution in [2.75, 3.05) is 0 Å². The minimum atomic E-state index is -0.327. The predicted molar refractivity (Wildman–Crippen MR) is 120 cm³/mol. The Hall–Kier alpha value is -2.37. The zero-order valence-electron chi connectivity index (χ0n) is 15.8. The van der Waals surface area contributed by atoms with Crippen molar-refractivity contribution in [1.82, 2.24) is 5.32 Å². The predicted octanol–water partition coefficient (Wildman–Crippen LogP) is 5.64. The van der Waals surface area contributed by atoms with Crippen molar-refractivity contribution in [3.8, 4) is 11.1 Å². The van der Waals surface area contributed by atoms with E-state index in [9.17, 15) is 4.79 Å². The summed E-state index contributed by atoms with van der Waals surface area (Å²) in [5.74, 6) is 1.66. The number of hydrogen-bond acceptors (Lipinski definition) is 4. The van der Waals surface area contributed by atoms with Crippen LogP contribution in [0.5, 0.6) is 0 Å². The van der Waals surface area contributed by atoms with Crippen LogP contribution in [0.15, 0.2) is 77.4 Å². The zero-order valence-corrected chi connectivity index (χ0v) is 17.4. The molecule has 28 heavy (non-hydrogen) atoms. The van der Waals surface area contributed by atoms with Crippen molar-refractivity contribution < 1.29 is 9.21 Å². The fourth-order valence-corrected chi connectivity index (χ4v) is 3.93. The summed E-state index contributed by atoms with van der Waals surface area (Å²) in [7, 11) is 0. The van der Waals surface area contributed by atoms with Crippen molar-refractivity contribution in [2.45, 2.75) is 30.9 Å². The molecule has 5 heteroatoms. The fourth-order valence-electron chi connectivity index (χ4n) is 2.68. The molecule has 0 amide bonds. The Kier molecular flexibility index (Phi) is 7.46. The largest absolute Gasteiger partial charge is 0.468 e. The molecule has 2 aliphatic rings. The van der Waals surface area contributed by atoms with Gasteiger partial charge in [0.1, 0.15) is 11.1 Å². The van der Waals surface area contributed by atoms with Crippen LogP contribution < -0.4 is 5.32 Å². The van der Waals surface area contributed by atoms with Crippen molar-refractivity contribution in [3.05, 3.63) is 84.3 Å². The Morgan fingerprint density at radius 2 is 1.82 bits per heavy atom. The van der Waals surface area contributed by atoms with E-state index in [1.807, 2.05) is 42.5 Å². The monoisotopic (exact) mass is 409 g/mol. The van der Waals surface area contributed by atoms with Gasteiger partial charge in [0.25, 0.3) is 0 Å². The van der Waals surface area contributed by atoms with Gasteiger partial charge in [-0.25, -0.2) is 0 Å². The normalized spacial score (nSPS) is 11.8. The molecular formula is C23H23NO2S2. The van der Waals surface area contributed by atoms with Crippen LogP contribution in [0.1, 0.15) is 24.7 Å². The highest BCUT2D eigenvalue weighted by atomic mass is 32.2. The number of nitrogens with one attached hydrogen (secondary N) is 1. The number of carbonyl (C=O) groups is 1. The quantitative estimate of drug-likeness (QED) is 0.301. The Morgan fingerprint density at radius 1 is 1.07 bits per heavy atom. The number of hydrogen-bond donors (Lipinski definition) is 1. The van der Waals surface area contributed by atoms with E-state index in [2.05, 4.69) is 29.6 Å². The van der Waals surface area contributed by atoms with Crippen molar-refractivity contribution >= 4 is 34.8 Å². The number of Topliss-reactive ketones (excluding diaryl/α,β-unsaturated/α-hetero) is 1. The summed E-state index contributed by atoms with van der Waals surface area (Å²) in [4.78, 5) is 13.1. The molecule has 0 unspecified atom stereocenters. The van der Waals surface area contributed by atoms with Gasteiger partial charge in [0, 0.05) is 6.42 Å². The average molecular weight is 410 g/mol. The van der Waals surface area contributed by atoms with Crippen LogP contribution in [0.25, 0.3) is 11.1 Å². The summed E-state index contributed by atoms with van der Waals surface area (Å²) in [6.45, 7) is 1.79. The van der Waals surface area contributed by atoms with E-state index in [0.29, 0.717) is 17.2 Å². The summed E-state index contributed by atoms with van der Waals surface area (Å²) < 4.78 is 5.31. The number of thiocarbonyl (C=S) groups is 1. The summed E-state index contributed by atoms with van der Waals surface area (Å²) in [6.07, 6.45) is 2.88. The second-order valence-electron chi connectivity index (χ2n) is 6.50. The SMILES string of the molecule is CC(=S)N[C@@H](SCc1ccco1)C(=O)CCc1ccccc1.c1cc2cc-2c1. The molecule has 144 valence electrons. The first kappa shape index (κ1) is 20.4. The third-order valence-electron chi connectivity index (χ3n) is 4.21. The first-order chi connectivity index (χ1) is 13.6. The first-order valence-corrected chi connectivity index (χ1v) is 10.7. The van der Waals surface area contributed by atoms with Gasteiger partial charge >= 0.3 is 0 Å². The van der Waals surface area contributed by atoms with Gasteiger partial charge < -0.3 is 9.73 Å². The van der Waals surface area contributed by atoms with E-state index in [1.54, 1.807) is 13.2 Å². The number of ketones is 1. The zero-order chi connectivity index (χ0) is 19.8. The van der Waals surface area contributed by atoms with Gasteiger partial charge in [0.05, 0.1) is 17.0 Å². The highest BCUT2D eigenvalue weighted by Gasteiger charge is 2.19. The van der Waals surface area contributed by atoms with Gasteiger partial charge in [-0.3, -0.25) is 4.79 Å². The number of fused-ring (bicyclic) bond motifs is 1. The molecule has 1 atom stereocenters. The van der Waals surface area contributed by atoms with E-state index in [-0.39, 0.29) is 11.2 Å². The smallest absolute Gasteiger partial charge is 0.165 e. The molecule has 1 aromatic carbocycles. The standard InChI is InChI=1S/C17H19NO2S2.C6H4/c1-13(21)18-17(22-12-15-8-5-11-20-15)16(19)10-9-14-6-3-2-4-7-14;1-2-5-4-6(5)3-1/h2-8,11,17H,9-10,12H2,1H3,(H,18,21);1-4H/t17-;/m0./s1. The van der Waals surface area contributed by atoms with Crippen LogP contribution in [-0.4, -0.2) is 16.1 Å². The maximum Gasteiger partial charge on any atom is 0.165 e. The molecule has 2 aliphatic carbocycles. The van der Waals surface area contributed by atoms with E-state index >= 15 is 0 Å². The summed E-state index contributed by atoms with van der Waals surface area (Å²) in [5.41, 5.74) is 4.02. The number of rotatable bonds is 8. The highest BCUT2D eigenvalue weighted by molar-refractivity contribution is 7.99. The van der Waals surface area contributed by atoms with Crippen molar-refractivity contribution in [3.63, 3.8) is 0 Å². The molecule has 1 aromatic heterocycles. The van der Waals surface area contributed by atoms with Crippen molar-refractivity contribution in [2.24, 2.45) is 0 Å². The topological polar surface area (TPSA) is 42.2 Å². The highest BCUT2D eigenvalue weighted by Crippen LogP contribution is 2.32. The van der Waals surface area contributed by atoms with Crippen LogP contribution in [-0.2, 0) is 17.0 Å². The summed E-state index contributed by atoms with van der Waals surface area (Å²) in [5, 5.41) is 2.75. The molecule has 0 fully saturated rings. The van der Waals surface area contributed by atoms with Crippen molar-refractivity contribution in [1.29, 1.82) is 0 Å². The van der Waals surface area contributed by atoms with Crippen LogP contribution in [0.4, 0.5) is 0 Å². The minimum absolute atomic E-state index is 0.157. The Labute approximate surface area is 175 Å². The van der Waals surface area contributed by atoms with Crippen LogP contribution in [0, 0.1) is 0 Å². The molecule has 1 heterocycles. The van der Waals surface area contributed by atoms with Gasteiger partial charge in [-0.05, 0) is 48.2 Å². The molecule has 0 spiro atoms. The molecule has 0 bridgehead atoms. The molecule has 0 saturated heterocycles. The van der Waals surface area contributed by atoms with Gasteiger partial charge in [0.2, 0.25) is 0 Å². The van der Waals surface area contributed by atoms with Gasteiger partial charge in [-0.1, -0.05) is 60.7 Å². The molecular weight excluding hydrogens is 386 g/mol. The lowest BCUT2D eigenvalue weighted by Gasteiger charge is -2.17. The second-order valence-corrected chi connectivity index (χ2v) is 8.21. The first-order valence-electron chi connectivity index (χ1n) is 9.20. The molecule has 1 N–H and O–H groups in total. The average Bonchev–Trinajstić information content (AvgIpc) is 3.09. The molecule has 0 aliphatic heterocycles. The lowest BCUT2D eigenvalue weighted by atomic mass is 10.1. The Bertz CT molecular complexity index is 890. The lowest BCUT2D eigenvalue weighted by molar-refractivity contribution is -0.118. The second kappa shape index (κ2) is 10.2. The molecule has 4 rings (SSSR count). The molecule has 0 saturated carbocycles. The summed E-state index contributed by atoms with van der Waals surface area (Å²) >= 11 is 6.59. The van der Waals surface area contributed by atoms with E-state index in [0.717, 1.165) is 12.2 Å². The Balaban J connectivity index is 0.000000311. The number of aryl methyl sites for hydroxylation is 1. The van der Waals surface area contributed by atoms with Gasteiger partial charge in [-0.15, -0.1) is 11.8 Å². The number of thioether (sulfide) groups is 1. The maximum absolute atomic E-state index is 12.4. The third kappa shape index (κ3) is 6.66. The van der Waals surface area contributed by atoms with Gasteiger partial charge in [0.15, 0.2) is 5.78 Å². The van der Waals surface area contributed by atoms with E-state index in [4.69, 9.17) is 16.6 Å². The van der Waals surface area contributed by atoms with E-state index < -0.39 is 0 Å². The lowest BCUT2D eigenvalue weighted by Crippen LogP contribution is -2.36. The Morgan fingerprint density at radius 3 is 2.36 bits per heavy atom. The maximum atomic E-state index is 12.4. The minimum Gasteiger partial charge on any atom is -0.468 e. The third-order valence-corrected chi connectivity index (χ3v) is 5.50. The number of carbonyl (C=O) groups excluding carboxylic acids is 1. The van der Waals surface area contributed by atoms with Crippen LogP contribution in [0.2, 0.25) is 0 Å². The van der Waals surface area contributed by atoms with Crippen LogP contribution in [0.3, 0.4) is 0 Å². The number of benzene rings is 2. The van der Waals surface area contributed by atoms with E-state index in [1.165, 1.54) is 28.5 Å². The van der Waals surface area contributed by atoms with Crippen LogP contribution >= 0.6 is 24.0 Å². The summed E-state index contributed by atoms with van der Waals surface area (Å²) in [6, 6.07) is 22.3. The molecule has 0 radical (unpaired) electrons. The molecule has 3 nitrogen and oxygen atoms in total. The van der Waals surface area contributed by atoms with Gasteiger partial charge in [-0.2, -0.15) is 0 Å². The fraction of sp³-hybridized carbons (Fsp3) is 0.217. The molecule has 2 aromatic rings. The number of furan rings is 1.